The highest BCUT2D eigenvalue weighted by molar-refractivity contribution is 6.32. The summed E-state index contributed by atoms with van der Waals surface area (Å²) in [6.07, 6.45) is -0.178. The van der Waals surface area contributed by atoms with E-state index in [1.54, 1.807) is 7.11 Å². The van der Waals surface area contributed by atoms with Crippen LogP contribution in [0.4, 0.5) is 0 Å². The second kappa shape index (κ2) is 5.41. The van der Waals surface area contributed by atoms with E-state index in [-0.39, 0.29) is 12.1 Å². The molecular formula is C17H19BN2O2. The molecular weight excluding hydrogens is 275 g/mol. The highest BCUT2D eigenvalue weighted by Gasteiger charge is 2.46. The summed E-state index contributed by atoms with van der Waals surface area (Å²) in [5.41, 5.74) is 8.54. The summed E-state index contributed by atoms with van der Waals surface area (Å²) < 4.78 is 10.9. The number of benzene rings is 2. The first kappa shape index (κ1) is 14.5. The maximum atomic E-state index is 5.87. The molecule has 2 aromatic carbocycles. The van der Waals surface area contributed by atoms with Gasteiger partial charge in [-0.2, -0.15) is 0 Å². The Labute approximate surface area is 131 Å². The molecule has 1 aliphatic rings. The fraction of sp³-hybridized carbons (Fsp3) is 0.235. The van der Waals surface area contributed by atoms with E-state index in [1.165, 1.54) is 5.46 Å². The Hall–Kier alpha value is -2.43. The summed E-state index contributed by atoms with van der Waals surface area (Å²) in [5, 5.41) is 0. The van der Waals surface area contributed by atoms with E-state index < -0.39 is 5.54 Å². The number of amidine groups is 1. The van der Waals surface area contributed by atoms with E-state index in [0.717, 1.165) is 16.9 Å². The molecule has 1 aliphatic heterocycles. The Balaban J connectivity index is 2.19. The van der Waals surface area contributed by atoms with Gasteiger partial charge < -0.3 is 15.2 Å². The van der Waals surface area contributed by atoms with Crippen LogP contribution in [0.2, 0.25) is 0 Å². The highest BCUT2D eigenvalue weighted by Crippen LogP contribution is 2.42. The van der Waals surface area contributed by atoms with E-state index >= 15 is 0 Å². The van der Waals surface area contributed by atoms with Crippen LogP contribution < -0.4 is 15.9 Å². The molecule has 3 rings (SSSR count). The molecule has 2 aromatic rings. The van der Waals surface area contributed by atoms with Crippen molar-refractivity contribution in [1.29, 1.82) is 0 Å². The molecule has 5 heteroatoms. The second-order valence-electron chi connectivity index (χ2n) is 5.57. The van der Waals surface area contributed by atoms with Crippen LogP contribution in [0.25, 0.3) is 0 Å². The van der Waals surface area contributed by atoms with Crippen LogP contribution in [0, 0.1) is 0 Å². The number of hydrogen-bond acceptors (Lipinski definition) is 4. The topological polar surface area (TPSA) is 56.8 Å². The molecule has 22 heavy (non-hydrogen) atoms. The van der Waals surface area contributed by atoms with Crippen molar-refractivity contribution in [3.8, 4) is 5.75 Å². The number of rotatable bonds is 3. The zero-order valence-electron chi connectivity index (χ0n) is 13.0. The minimum absolute atomic E-state index is 0.178. The van der Waals surface area contributed by atoms with Crippen LogP contribution in [0.3, 0.4) is 0 Å². The zero-order chi connectivity index (χ0) is 15.7. The van der Waals surface area contributed by atoms with Crippen molar-refractivity contribution in [3.63, 3.8) is 0 Å². The lowest BCUT2D eigenvalue weighted by Gasteiger charge is -2.30. The summed E-state index contributed by atoms with van der Waals surface area (Å²) in [6.45, 7) is 2.00. The predicted octanol–water partition coefficient (Wildman–Crippen LogP) is 0.931. The third kappa shape index (κ3) is 2.23. The van der Waals surface area contributed by atoms with Gasteiger partial charge in [-0.25, -0.2) is 4.99 Å². The van der Waals surface area contributed by atoms with Gasteiger partial charge in [0.2, 0.25) is 0 Å². The Morgan fingerprint density at radius 2 is 1.91 bits per heavy atom. The summed E-state index contributed by atoms with van der Waals surface area (Å²) in [5.74, 6) is 0.812. The molecule has 0 aromatic heterocycles. The van der Waals surface area contributed by atoms with Gasteiger partial charge in [0, 0.05) is 0 Å². The number of nitrogens with zero attached hydrogens (tertiary/aromatic N) is 1. The van der Waals surface area contributed by atoms with Gasteiger partial charge in [-0.05, 0) is 30.2 Å². The lowest BCUT2D eigenvalue weighted by molar-refractivity contribution is 0.174. The van der Waals surface area contributed by atoms with Gasteiger partial charge in [0.1, 0.15) is 19.7 Å². The fourth-order valence-corrected chi connectivity index (χ4v) is 3.05. The highest BCUT2D eigenvalue weighted by atomic mass is 16.5. The average Bonchev–Trinajstić information content (AvgIpc) is 2.83. The molecule has 0 aliphatic carbocycles. The summed E-state index contributed by atoms with van der Waals surface area (Å²) in [6, 6.07) is 16.4. The van der Waals surface area contributed by atoms with Gasteiger partial charge in [0.25, 0.3) is 6.02 Å². The summed E-state index contributed by atoms with van der Waals surface area (Å²) >= 11 is 0. The minimum Gasteiger partial charge on any atom is -0.497 e. The Kier molecular flexibility index (Phi) is 3.57. The molecule has 2 atom stereocenters. The van der Waals surface area contributed by atoms with Gasteiger partial charge in [0.15, 0.2) is 5.54 Å². The average molecular weight is 294 g/mol. The van der Waals surface area contributed by atoms with Crippen LogP contribution in [0.1, 0.15) is 18.1 Å². The van der Waals surface area contributed by atoms with Gasteiger partial charge >= 0.3 is 0 Å². The van der Waals surface area contributed by atoms with Crippen LogP contribution >= 0.6 is 0 Å². The van der Waals surface area contributed by atoms with E-state index in [0.29, 0.717) is 0 Å². The molecule has 0 amide bonds. The van der Waals surface area contributed by atoms with Crippen LogP contribution in [-0.4, -0.2) is 27.1 Å². The number of aliphatic imine (C=N–C) groups is 1. The van der Waals surface area contributed by atoms with Crippen molar-refractivity contribution >= 4 is 19.3 Å². The molecule has 2 unspecified atom stereocenters. The van der Waals surface area contributed by atoms with E-state index in [2.05, 4.69) is 31.0 Å². The minimum atomic E-state index is -0.623. The van der Waals surface area contributed by atoms with Gasteiger partial charge in [-0.3, -0.25) is 0 Å². The van der Waals surface area contributed by atoms with Gasteiger partial charge in [-0.15, -0.1) is 0 Å². The van der Waals surface area contributed by atoms with Gasteiger partial charge in [0.05, 0.1) is 7.11 Å². The lowest BCUT2D eigenvalue weighted by Crippen LogP contribution is -2.35. The van der Waals surface area contributed by atoms with Crippen molar-refractivity contribution in [2.24, 2.45) is 10.7 Å². The van der Waals surface area contributed by atoms with Crippen molar-refractivity contribution in [1.82, 2.24) is 0 Å². The summed E-state index contributed by atoms with van der Waals surface area (Å²) in [4.78, 5) is 4.67. The largest absolute Gasteiger partial charge is 0.497 e. The molecule has 1 heterocycles. The molecule has 112 valence electrons. The number of hydrogen-bond donors (Lipinski definition) is 1. The quantitative estimate of drug-likeness (QED) is 0.857. The Morgan fingerprint density at radius 1 is 1.18 bits per heavy atom. The van der Waals surface area contributed by atoms with Crippen LogP contribution in [-0.2, 0) is 10.3 Å². The first-order valence-electron chi connectivity index (χ1n) is 7.30. The molecule has 0 saturated carbocycles. The zero-order valence-corrected chi connectivity index (χ0v) is 13.0. The van der Waals surface area contributed by atoms with Gasteiger partial charge in [-0.1, -0.05) is 41.9 Å². The summed E-state index contributed by atoms with van der Waals surface area (Å²) in [7, 11) is 3.72. The predicted molar refractivity (Wildman–Crippen MR) is 90.6 cm³/mol. The normalized spacial score (nSPS) is 23.7. The second-order valence-corrected chi connectivity index (χ2v) is 5.57. The smallest absolute Gasteiger partial charge is 0.283 e. The lowest BCUT2D eigenvalue weighted by atomic mass is 9.78. The van der Waals surface area contributed by atoms with Crippen molar-refractivity contribution < 1.29 is 9.47 Å². The fourth-order valence-electron chi connectivity index (χ4n) is 3.05. The van der Waals surface area contributed by atoms with Crippen molar-refractivity contribution in [3.05, 3.63) is 59.7 Å². The Morgan fingerprint density at radius 3 is 2.45 bits per heavy atom. The van der Waals surface area contributed by atoms with E-state index in [1.807, 2.05) is 37.3 Å². The van der Waals surface area contributed by atoms with Crippen molar-refractivity contribution in [2.45, 2.75) is 18.6 Å². The molecule has 0 bridgehead atoms. The third-order valence-electron chi connectivity index (χ3n) is 4.16. The van der Waals surface area contributed by atoms with Crippen LogP contribution in [0.15, 0.2) is 53.5 Å². The SMILES string of the molecule is Bc1cccc(C2(c3ccc(OC)cc3)N=C(N)OC2C)c1. The maximum absolute atomic E-state index is 5.87. The first-order chi connectivity index (χ1) is 10.6. The standard InChI is InChI=1S/C17H19BN2O2/c1-11-17(20-16(19)22-11,13-4-3-5-14(18)10-13)12-6-8-15(21-2)9-7-12/h3-11H,18H2,1-2H3,(H2,19,20). The van der Waals surface area contributed by atoms with E-state index in [9.17, 15) is 0 Å². The third-order valence-corrected chi connectivity index (χ3v) is 4.16. The molecule has 0 saturated heterocycles. The molecule has 0 radical (unpaired) electrons. The number of methoxy groups -OCH3 is 1. The molecule has 4 nitrogen and oxygen atoms in total. The maximum Gasteiger partial charge on any atom is 0.283 e. The van der Waals surface area contributed by atoms with E-state index in [4.69, 9.17) is 15.2 Å². The van der Waals surface area contributed by atoms with Crippen molar-refractivity contribution in [2.75, 3.05) is 7.11 Å². The Bertz CT molecular complexity index is 715. The monoisotopic (exact) mass is 294 g/mol. The first-order valence-corrected chi connectivity index (χ1v) is 7.30. The molecule has 0 spiro atoms. The number of ether oxygens (including phenoxy) is 2. The number of nitrogens with two attached hydrogens (primary N) is 1. The molecule has 2 N–H and O–H groups in total. The molecule has 0 fully saturated rings. The van der Waals surface area contributed by atoms with Crippen LogP contribution in [0.5, 0.6) is 5.75 Å².